The molecule has 16 heavy (non-hydrogen) atoms. The molecule has 1 rings (SSSR count). The minimum absolute atomic E-state index is 0.377. The molecule has 1 saturated carbocycles. The van der Waals surface area contributed by atoms with E-state index in [1.54, 1.807) is 0 Å². The molecule has 1 aliphatic carbocycles. The Bertz CT molecular complexity index is 177. The van der Waals surface area contributed by atoms with Gasteiger partial charge in [0.15, 0.2) is 0 Å². The molecule has 2 unspecified atom stereocenters. The van der Waals surface area contributed by atoms with Crippen LogP contribution in [0.2, 0.25) is 0 Å². The molecule has 3 nitrogen and oxygen atoms in total. The van der Waals surface area contributed by atoms with Gasteiger partial charge in [-0.25, -0.2) is 0 Å². The van der Waals surface area contributed by atoms with E-state index < -0.39 is 5.97 Å². The van der Waals surface area contributed by atoms with Crippen molar-refractivity contribution in [2.75, 3.05) is 19.8 Å². The number of ether oxygens (including phenoxy) is 3. The zero-order valence-electron chi connectivity index (χ0n) is 11.1. The summed E-state index contributed by atoms with van der Waals surface area (Å²) in [6, 6.07) is 0. The van der Waals surface area contributed by atoms with Crippen LogP contribution in [0, 0.1) is 11.8 Å². The Labute approximate surface area is 99.5 Å². The summed E-state index contributed by atoms with van der Waals surface area (Å²) in [5.74, 6) is 0.344. The molecule has 0 aliphatic heterocycles. The molecule has 0 spiro atoms. The fourth-order valence-electron chi connectivity index (χ4n) is 2.61. The van der Waals surface area contributed by atoms with Crippen LogP contribution in [0.4, 0.5) is 0 Å². The van der Waals surface area contributed by atoms with Crippen molar-refractivity contribution in [3.63, 3.8) is 0 Å². The van der Waals surface area contributed by atoms with Crippen LogP contribution in [-0.2, 0) is 14.2 Å². The zero-order chi connectivity index (χ0) is 12.0. The first-order valence-corrected chi connectivity index (χ1v) is 6.60. The second-order valence-electron chi connectivity index (χ2n) is 4.52. The molecule has 1 fully saturated rings. The molecule has 96 valence electrons. The lowest BCUT2D eigenvalue weighted by atomic mass is 10.0. The molecular formula is C13H26O3. The van der Waals surface area contributed by atoms with Crippen molar-refractivity contribution < 1.29 is 14.2 Å². The highest BCUT2D eigenvalue weighted by Gasteiger charge is 2.44. The lowest BCUT2D eigenvalue weighted by Crippen LogP contribution is -2.45. The summed E-state index contributed by atoms with van der Waals surface area (Å²) in [5, 5.41) is 0. The Hall–Kier alpha value is -0.120. The largest absolute Gasteiger partial charge is 0.328 e. The van der Waals surface area contributed by atoms with Gasteiger partial charge in [-0.1, -0.05) is 13.3 Å². The van der Waals surface area contributed by atoms with Gasteiger partial charge in [-0.2, -0.15) is 0 Å². The summed E-state index contributed by atoms with van der Waals surface area (Å²) in [6.07, 6.45) is 3.53. The second-order valence-corrected chi connectivity index (χ2v) is 4.52. The van der Waals surface area contributed by atoms with Crippen LogP contribution in [0.5, 0.6) is 0 Å². The third kappa shape index (κ3) is 3.19. The van der Waals surface area contributed by atoms with E-state index in [0.717, 1.165) is 18.8 Å². The topological polar surface area (TPSA) is 27.7 Å². The highest BCUT2D eigenvalue weighted by atomic mass is 16.9. The normalized spacial score (nSPS) is 26.2. The molecule has 0 saturated heterocycles. The highest BCUT2D eigenvalue weighted by Crippen LogP contribution is 2.41. The zero-order valence-corrected chi connectivity index (χ0v) is 11.1. The van der Waals surface area contributed by atoms with Gasteiger partial charge in [-0.3, -0.25) is 0 Å². The van der Waals surface area contributed by atoms with Gasteiger partial charge in [0.1, 0.15) is 0 Å². The summed E-state index contributed by atoms with van der Waals surface area (Å²) >= 11 is 0. The molecule has 2 atom stereocenters. The number of hydrogen-bond donors (Lipinski definition) is 0. The fraction of sp³-hybridized carbons (Fsp3) is 1.00. The fourth-order valence-corrected chi connectivity index (χ4v) is 2.61. The van der Waals surface area contributed by atoms with Crippen LogP contribution in [0.3, 0.4) is 0 Å². The van der Waals surface area contributed by atoms with E-state index in [2.05, 4.69) is 6.92 Å². The lowest BCUT2D eigenvalue weighted by molar-refractivity contribution is -0.401. The first-order chi connectivity index (χ1) is 7.68. The maximum absolute atomic E-state index is 5.80. The Kier molecular flexibility index (Phi) is 5.73. The number of hydrogen-bond acceptors (Lipinski definition) is 3. The monoisotopic (exact) mass is 230 g/mol. The standard InChI is InChI=1S/C13H26O3/c1-5-14-13(15-6-2,16-7-3)12-9-8-11(4)10-12/h11-12H,5-10H2,1-4H3. The highest BCUT2D eigenvalue weighted by molar-refractivity contribution is 4.80. The first kappa shape index (κ1) is 13.9. The molecular weight excluding hydrogens is 204 g/mol. The van der Waals surface area contributed by atoms with Crippen molar-refractivity contribution in [3.8, 4) is 0 Å². The molecule has 0 radical (unpaired) electrons. The van der Waals surface area contributed by atoms with Crippen molar-refractivity contribution in [2.45, 2.75) is 52.9 Å². The van der Waals surface area contributed by atoms with E-state index in [-0.39, 0.29) is 0 Å². The van der Waals surface area contributed by atoms with Crippen LogP contribution in [0.15, 0.2) is 0 Å². The number of rotatable bonds is 7. The first-order valence-electron chi connectivity index (χ1n) is 6.60. The van der Waals surface area contributed by atoms with Crippen LogP contribution in [0.1, 0.15) is 47.0 Å². The predicted molar refractivity (Wildman–Crippen MR) is 64.1 cm³/mol. The molecule has 0 aromatic rings. The molecule has 0 heterocycles. The third-order valence-electron chi connectivity index (χ3n) is 3.23. The van der Waals surface area contributed by atoms with Gasteiger partial charge in [-0.15, -0.1) is 0 Å². The molecule has 0 amide bonds. The average Bonchev–Trinajstić information content (AvgIpc) is 2.66. The smallest absolute Gasteiger partial charge is 0.285 e. The van der Waals surface area contributed by atoms with Crippen molar-refractivity contribution >= 4 is 0 Å². The van der Waals surface area contributed by atoms with Crippen LogP contribution in [-0.4, -0.2) is 25.8 Å². The molecule has 0 aromatic carbocycles. The second kappa shape index (κ2) is 6.58. The minimum atomic E-state index is -0.789. The van der Waals surface area contributed by atoms with Crippen LogP contribution in [0.25, 0.3) is 0 Å². The van der Waals surface area contributed by atoms with Gasteiger partial charge in [0.25, 0.3) is 5.97 Å². The molecule has 1 aliphatic rings. The Morgan fingerprint density at radius 1 is 0.938 bits per heavy atom. The minimum Gasteiger partial charge on any atom is -0.328 e. The predicted octanol–water partition coefficient (Wildman–Crippen LogP) is 3.19. The lowest BCUT2D eigenvalue weighted by Gasteiger charge is -2.37. The summed E-state index contributed by atoms with van der Waals surface area (Å²) in [6.45, 7) is 10.1. The van der Waals surface area contributed by atoms with Crippen LogP contribution < -0.4 is 0 Å². The van der Waals surface area contributed by atoms with Gasteiger partial charge < -0.3 is 14.2 Å². The van der Waals surface area contributed by atoms with Gasteiger partial charge in [0.05, 0.1) is 0 Å². The van der Waals surface area contributed by atoms with Gasteiger partial charge in [0, 0.05) is 25.7 Å². The van der Waals surface area contributed by atoms with E-state index in [4.69, 9.17) is 14.2 Å². The summed E-state index contributed by atoms with van der Waals surface area (Å²) in [4.78, 5) is 0. The quantitative estimate of drug-likeness (QED) is 0.629. The van der Waals surface area contributed by atoms with Crippen molar-refractivity contribution in [1.29, 1.82) is 0 Å². The summed E-state index contributed by atoms with van der Waals surface area (Å²) in [7, 11) is 0. The maximum atomic E-state index is 5.80. The van der Waals surface area contributed by atoms with Gasteiger partial charge in [-0.05, 0) is 39.5 Å². The molecule has 0 N–H and O–H groups in total. The maximum Gasteiger partial charge on any atom is 0.285 e. The Morgan fingerprint density at radius 3 is 1.75 bits per heavy atom. The van der Waals surface area contributed by atoms with E-state index in [0.29, 0.717) is 25.7 Å². The average molecular weight is 230 g/mol. The molecule has 0 bridgehead atoms. The SMILES string of the molecule is CCOC(OCC)(OCC)C1CCC(C)C1. The van der Waals surface area contributed by atoms with Crippen LogP contribution >= 0.6 is 0 Å². The van der Waals surface area contributed by atoms with Crippen molar-refractivity contribution in [3.05, 3.63) is 0 Å². The molecule has 3 heteroatoms. The van der Waals surface area contributed by atoms with Crippen molar-refractivity contribution in [1.82, 2.24) is 0 Å². The van der Waals surface area contributed by atoms with E-state index in [1.807, 2.05) is 20.8 Å². The van der Waals surface area contributed by atoms with Gasteiger partial charge >= 0.3 is 0 Å². The molecule has 0 aromatic heterocycles. The summed E-state index contributed by atoms with van der Waals surface area (Å²) < 4.78 is 17.4. The van der Waals surface area contributed by atoms with E-state index in [9.17, 15) is 0 Å². The Balaban J connectivity index is 2.72. The third-order valence-corrected chi connectivity index (χ3v) is 3.23. The van der Waals surface area contributed by atoms with Crippen molar-refractivity contribution in [2.24, 2.45) is 11.8 Å². The van der Waals surface area contributed by atoms with Gasteiger partial charge in [0.2, 0.25) is 0 Å². The summed E-state index contributed by atoms with van der Waals surface area (Å²) in [5.41, 5.74) is 0. The van der Waals surface area contributed by atoms with E-state index in [1.165, 1.54) is 6.42 Å². The Morgan fingerprint density at radius 2 is 1.44 bits per heavy atom. The van der Waals surface area contributed by atoms with E-state index >= 15 is 0 Å².